The number of hydrogen-bond acceptors (Lipinski definition) is 4. The third-order valence-corrected chi connectivity index (χ3v) is 18.7. The minimum Gasteiger partial charge on any atom is -0.509 e. The number of anilines is 4. The fraction of sp³-hybridized carbons (Fsp3) is 0.214. The number of benzene rings is 10. The Labute approximate surface area is 546 Å². The van der Waals surface area contributed by atoms with Crippen LogP contribution in [0.25, 0.3) is 72.1 Å². The van der Waals surface area contributed by atoms with E-state index >= 15 is 0 Å². The average molecular weight is 1350 g/mol. The van der Waals surface area contributed by atoms with E-state index in [-0.39, 0.29) is 42.7 Å². The van der Waals surface area contributed by atoms with Crippen LogP contribution in [-0.4, -0.2) is 9.55 Å². The van der Waals surface area contributed by atoms with Crippen LogP contribution in [0.4, 0.5) is 22.7 Å². The number of fused-ring (bicyclic) bond motifs is 15. The quantitative estimate of drug-likeness (QED) is 0.142. The molecule has 0 N–H and O–H groups in total. The molecule has 0 unspecified atom stereocenters. The summed E-state index contributed by atoms with van der Waals surface area (Å²) in [6.07, 6.45) is 2.88. The molecule has 5 nitrogen and oxygen atoms in total. The smallest absolute Gasteiger partial charge is 0.135 e. The molecular formula is C84H75N4OPt-3. The molecule has 3 aliphatic rings. The Kier molecular flexibility index (Phi) is 14.0. The van der Waals surface area contributed by atoms with Crippen molar-refractivity contribution < 1.29 is 25.8 Å². The van der Waals surface area contributed by atoms with Gasteiger partial charge in [0.05, 0.1) is 0 Å². The fourth-order valence-corrected chi connectivity index (χ4v) is 14.6. The molecule has 0 saturated heterocycles. The molecule has 2 aliphatic carbocycles. The molecule has 2 aromatic heterocycles. The van der Waals surface area contributed by atoms with Crippen LogP contribution in [0.5, 0.6) is 11.5 Å². The van der Waals surface area contributed by atoms with Gasteiger partial charge >= 0.3 is 0 Å². The van der Waals surface area contributed by atoms with Gasteiger partial charge in [0.15, 0.2) is 0 Å². The summed E-state index contributed by atoms with van der Waals surface area (Å²) in [5.74, 6) is 2.06. The Morgan fingerprint density at radius 2 is 1.03 bits per heavy atom. The van der Waals surface area contributed by atoms with Crippen molar-refractivity contribution in [3.05, 3.63) is 282 Å². The molecule has 3 heterocycles. The molecule has 15 rings (SSSR count). The van der Waals surface area contributed by atoms with Gasteiger partial charge in [0.2, 0.25) is 0 Å². The summed E-state index contributed by atoms with van der Waals surface area (Å²) < 4.78 is 10.0. The summed E-state index contributed by atoms with van der Waals surface area (Å²) in [6, 6.07) is 86.5. The number of rotatable bonds is 8. The molecule has 0 amide bonds. The Balaban J connectivity index is 0.00000707. The minimum absolute atomic E-state index is 0. The average Bonchev–Trinajstić information content (AvgIpc) is 1.49. The van der Waals surface area contributed by atoms with E-state index in [0.717, 1.165) is 67.9 Å². The second-order valence-electron chi connectivity index (χ2n) is 29.1. The second kappa shape index (κ2) is 21.5. The first-order chi connectivity index (χ1) is 42.7. The Hall–Kier alpha value is -8.76. The van der Waals surface area contributed by atoms with Crippen LogP contribution in [0.1, 0.15) is 128 Å². The van der Waals surface area contributed by atoms with Crippen molar-refractivity contribution in [2.45, 2.75) is 111 Å². The van der Waals surface area contributed by atoms with Crippen molar-refractivity contribution in [3.63, 3.8) is 0 Å². The summed E-state index contributed by atoms with van der Waals surface area (Å²) in [5, 5.41) is 2.26. The van der Waals surface area contributed by atoms with Crippen LogP contribution in [-0.2, 0) is 49.1 Å². The van der Waals surface area contributed by atoms with Gasteiger partial charge in [0.1, 0.15) is 5.82 Å². The first-order valence-electron chi connectivity index (χ1n) is 31.6. The second-order valence-corrected chi connectivity index (χ2v) is 29.1. The standard InChI is InChI=1S/C84H75N4O.Pt/c1-80(2,3)51-53-27-13-14-30-60(53)64-36-26-35-61(54-45-56(82(7,8)9)47-57(46-54)83(10,11)12)79(64)87-52-86(71-41-23-24-42-72(71)87)58-28-25-29-59(49-58)89-74-50-73-76(66-34-18-22-40-70(66)88(73)75-48-55(43-44-85-75)81(4,5)6)77-65-33-17-21-39-69(65)84(78(74)77)67-37-19-15-31-62(67)63-32-16-20-38-68(63)84;/h13-48,52H,51H2,1-12H3;/q-3;. The number of ether oxygens (including phenoxy) is 1. The number of para-hydroxylation sites is 4. The van der Waals surface area contributed by atoms with Gasteiger partial charge in [0, 0.05) is 77.9 Å². The predicted molar refractivity (Wildman–Crippen MR) is 371 cm³/mol. The van der Waals surface area contributed by atoms with Crippen LogP contribution >= 0.6 is 0 Å². The minimum atomic E-state index is -0.733. The molecule has 6 heteroatoms. The van der Waals surface area contributed by atoms with E-state index in [2.05, 4.69) is 329 Å². The topological polar surface area (TPSA) is 33.5 Å². The number of nitrogens with zero attached hydrogens (tertiary/aromatic N) is 4. The van der Waals surface area contributed by atoms with E-state index in [1.54, 1.807) is 0 Å². The van der Waals surface area contributed by atoms with E-state index in [4.69, 9.17) is 9.72 Å². The van der Waals surface area contributed by atoms with E-state index in [1.165, 1.54) is 77.9 Å². The number of pyridine rings is 1. The molecule has 90 heavy (non-hydrogen) atoms. The summed E-state index contributed by atoms with van der Waals surface area (Å²) >= 11 is 0. The van der Waals surface area contributed by atoms with Crippen LogP contribution in [0.15, 0.2) is 219 Å². The first kappa shape index (κ1) is 58.9. The van der Waals surface area contributed by atoms with Crippen molar-refractivity contribution in [2.75, 3.05) is 9.80 Å². The normalized spacial score (nSPS) is 14.0. The molecule has 1 aliphatic heterocycles. The summed E-state index contributed by atoms with van der Waals surface area (Å²) in [5.41, 5.74) is 24.6. The van der Waals surface area contributed by atoms with E-state index in [0.29, 0.717) is 11.5 Å². The SMILES string of the molecule is CC(C)(C)Cc1ccccc1-c1cccc(-c2cc(C(C)(C)C)cc(C(C)(C)C)c2)c1N1[CH-]N(c2[c-]c(Oc3[c-]c4c(c5c3C3(c6ccccc6-c6ccccc63)c3ccccc3-5)c3ccccc3n4-c3cc(C(C)(C)C)ccn3)ccc2)c2ccccc21.[Pt]. The van der Waals surface area contributed by atoms with E-state index in [9.17, 15) is 0 Å². The fourth-order valence-electron chi connectivity index (χ4n) is 14.6. The number of aromatic nitrogens is 2. The zero-order chi connectivity index (χ0) is 61.5. The monoisotopic (exact) mass is 1350 g/mol. The maximum absolute atomic E-state index is 7.73. The van der Waals surface area contributed by atoms with Crippen molar-refractivity contribution in [2.24, 2.45) is 5.41 Å². The zero-order valence-electron chi connectivity index (χ0n) is 53.6. The summed E-state index contributed by atoms with van der Waals surface area (Å²) in [7, 11) is 0. The van der Waals surface area contributed by atoms with Crippen LogP contribution in [0.2, 0.25) is 0 Å². The van der Waals surface area contributed by atoms with Gasteiger partial charge in [-0.3, -0.25) is 0 Å². The van der Waals surface area contributed by atoms with Crippen LogP contribution < -0.4 is 14.5 Å². The molecular weight excluding hydrogens is 1280 g/mol. The number of hydrogen-bond donors (Lipinski definition) is 0. The van der Waals surface area contributed by atoms with Gasteiger partial charge in [-0.15, -0.1) is 42.2 Å². The molecule has 0 bridgehead atoms. The predicted octanol–water partition coefficient (Wildman–Crippen LogP) is 22.1. The molecule has 0 saturated carbocycles. The maximum Gasteiger partial charge on any atom is 0.135 e. The largest absolute Gasteiger partial charge is 0.509 e. The van der Waals surface area contributed by atoms with Crippen molar-refractivity contribution >= 4 is 44.6 Å². The van der Waals surface area contributed by atoms with Gasteiger partial charge in [-0.1, -0.05) is 263 Å². The third-order valence-electron chi connectivity index (χ3n) is 18.7. The van der Waals surface area contributed by atoms with Gasteiger partial charge in [0.25, 0.3) is 0 Å². The molecule has 0 radical (unpaired) electrons. The van der Waals surface area contributed by atoms with Crippen molar-refractivity contribution in [1.29, 1.82) is 0 Å². The molecule has 0 fully saturated rings. The Morgan fingerprint density at radius 3 is 1.69 bits per heavy atom. The summed E-state index contributed by atoms with van der Waals surface area (Å²) in [6.45, 7) is 30.0. The first-order valence-corrected chi connectivity index (χ1v) is 31.6. The third kappa shape index (κ3) is 9.48. The van der Waals surface area contributed by atoms with Gasteiger partial charge < -0.3 is 19.1 Å². The van der Waals surface area contributed by atoms with Crippen molar-refractivity contribution in [1.82, 2.24) is 9.55 Å². The molecule has 1 spiro atoms. The van der Waals surface area contributed by atoms with E-state index in [1.807, 2.05) is 6.20 Å². The summed E-state index contributed by atoms with van der Waals surface area (Å²) in [4.78, 5) is 9.88. The Bertz CT molecular complexity index is 4760. The van der Waals surface area contributed by atoms with Crippen LogP contribution in [0, 0.1) is 24.2 Å². The van der Waals surface area contributed by atoms with Crippen molar-refractivity contribution in [3.8, 4) is 61.8 Å². The van der Waals surface area contributed by atoms with Gasteiger partial charge in [-0.05, 0) is 131 Å². The van der Waals surface area contributed by atoms with Crippen LogP contribution in [0.3, 0.4) is 0 Å². The molecule has 450 valence electrons. The molecule has 12 aromatic rings. The van der Waals surface area contributed by atoms with Gasteiger partial charge in [-0.2, -0.15) is 6.07 Å². The molecule has 10 aromatic carbocycles. The van der Waals surface area contributed by atoms with Gasteiger partial charge in [-0.25, -0.2) is 4.98 Å². The van der Waals surface area contributed by atoms with E-state index < -0.39 is 5.41 Å². The molecule has 0 atom stereocenters. The Morgan fingerprint density at radius 1 is 0.489 bits per heavy atom. The zero-order valence-corrected chi connectivity index (χ0v) is 55.9. The maximum atomic E-state index is 7.73.